The Labute approximate surface area is 139 Å². The van der Waals surface area contributed by atoms with Gasteiger partial charge in [0, 0.05) is 17.7 Å². The summed E-state index contributed by atoms with van der Waals surface area (Å²) in [6.07, 6.45) is 8.16. The number of H-pyrrole nitrogens is 1. The summed E-state index contributed by atoms with van der Waals surface area (Å²) in [6.45, 7) is 0.681. The molecule has 0 saturated heterocycles. The van der Waals surface area contributed by atoms with Gasteiger partial charge in [0.2, 0.25) is 5.89 Å². The molecule has 0 bridgehead atoms. The molecule has 0 saturated carbocycles. The van der Waals surface area contributed by atoms with Crippen LogP contribution < -0.4 is 5.32 Å². The second kappa shape index (κ2) is 7.37. The number of rotatable bonds is 5. The molecule has 0 radical (unpaired) electrons. The maximum Gasteiger partial charge on any atom is 0.284 e. The zero-order valence-corrected chi connectivity index (χ0v) is 13.6. The zero-order valence-electron chi connectivity index (χ0n) is 12.8. The predicted molar refractivity (Wildman–Crippen MR) is 90.6 cm³/mol. The Hall–Kier alpha value is -2.21. The normalized spacial score (nSPS) is 14.3. The first kappa shape index (κ1) is 15.7. The van der Waals surface area contributed by atoms with Crippen LogP contribution in [0.4, 0.5) is 0 Å². The minimum atomic E-state index is -0.0594. The van der Waals surface area contributed by atoms with Gasteiger partial charge in [-0.1, -0.05) is 11.6 Å². The lowest BCUT2D eigenvalue weighted by Crippen LogP contribution is -2.24. The van der Waals surface area contributed by atoms with Crippen molar-refractivity contribution in [3.63, 3.8) is 0 Å². The monoisotopic (exact) mass is 329 g/mol. The summed E-state index contributed by atoms with van der Waals surface area (Å²) in [5.74, 6) is 0.363. The Kier molecular flexibility index (Phi) is 5.02. The average molecular weight is 329 g/mol. The highest BCUT2D eigenvalue weighted by Crippen LogP contribution is 2.20. The number of amides is 1. The summed E-state index contributed by atoms with van der Waals surface area (Å²) in [5.41, 5.74) is 2.87. The Balaban J connectivity index is 1.55. The number of aromatic nitrogens is 2. The molecule has 3 rings (SSSR count). The molecule has 1 heterocycles. The van der Waals surface area contributed by atoms with Crippen molar-refractivity contribution in [2.24, 2.45) is 0 Å². The van der Waals surface area contributed by atoms with Gasteiger partial charge >= 0.3 is 0 Å². The van der Waals surface area contributed by atoms with Crippen molar-refractivity contribution in [3.8, 4) is 11.5 Å². The molecule has 0 atom stereocenters. The fraction of sp³-hybridized carbons (Fsp3) is 0.353. The number of aromatic amines is 1. The van der Waals surface area contributed by atoms with Gasteiger partial charge in [0.15, 0.2) is 0 Å². The summed E-state index contributed by atoms with van der Waals surface area (Å²) in [5, 5.41) is 9.50. The van der Waals surface area contributed by atoms with Crippen molar-refractivity contribution in [3.05, 3.63) is 46.3 Å². The fourth-order valence-corrected chi connectivity index (χ4v) is 2.81. The average Bonchev–Trinajstić information content (AvgIpc) is 3.02. The number of nitrogens with zero attached hydrogens (tertiary/aromatic N) is 1. The largest absolute Gasteiger partial charge is 0.409 e. The van der Waals surface area contributed by atoms with Gasteiger partial charge in [0.05, 0.1) is 0 Å². The van der Waals surface area contributed by atoms with Crippen LogP contribution in [0.3, 0.4) is 0 Å². The lowest BCUT2D eigenvalue weighted by atomic mass is 9.97. The van der Waals surface area contributed by atoms with Crippen molar-refractivity contribution in [1.29, 1.82) is 0 Å². The number of carbonyl (C=O) groups excluding carboxylic acids is 1. The molecule has 5 nitrogen and oxygen atoms in total. The van der Waals surface area contributed by atoms with E-state index in [1.165, 1.54) is 31.3 Å². The number of nitrogens with one attached hydrogen (secondary N) is 2. The second-order valence-corrected chi connectivity index (χ2v) is 5.98. The lowest BCUT2D eigenvalue weighted by Gasteiger charge is -2.13. The van der Waals surface area contributed by atoms with E-state index in [0.29, 0.717) is 18.0 Å². The van der Waals surface area contributed by atoms with Gasteiger partial charge < -0.3 is 9.73 Å². The molecule has 1 amide bonds. The van der Waals surface area contributed by atoms with Crippen LogP contribution in [0.2, 0.25) is 0 Å². The Morgan fingerprint density at radius 2 is 2.13 bits per heavy atom. The molecule has 2 N–H and O–H groups in total. The molecule has 6 heteroatoms. The van der Waals surface area contributed by atoms with Gasteiger partial charge in [-0.15, -0.1) is 5.10 Å². The number of allylic oxidation sites excluding steroid dienone is 1. The standard InChI is InChI=1S/C17H19N3O2S/c21-15(18-11-10-12-4-2-1-3-5-12)13-6-8-14(9-7-13)16-19-20-17(23)22-16/h4,6-9H,1-3,5,10-11H2,(H,18,21)(H,20,23). The smallest absolute Gasteiger partial charge is 0.284 e. The van der Waals surface area contributed by atoms with Gasteiger partial charge in [-0.25, -0.2) is 5.10 Å². The first-order valence-electron chi connectivity index (χ1n) is 7.84. The van der Waals surface area contributed by atoms with Crippen LogP contribution in [0.15, 0.2) is 40.3 Å². The van der Waals surface area contributed by atoms with Gasteiger partial charge in [-0.3, -0.25) is 4.79 Å². The third-order valence-electron chi connectivity index (χ3n) is 3.95. The summed E-state index contributed by atoms with van der Waals surface area (Å²) >= 11 is 4.85. The van der Waals surface area contributed by atoms with Crippen molar-refractivity contribution in [1.82, 2.24) is 15.5 Å². The number of hydrogen-bond acceptors (Lipinski definition) is 4. The second-order valence-electron chi connectivity index (χ2n) is 5.61. The van der Waals surface area contributed by atoms with Crippen molar-refractivity contribution < 1.29 is 9.21 Å². The van der Waals surface area contributed by atoms with Gasteiger partial charge in [0.1, 0.15) is 0 Å². The zero-order chi connectivity index (χ0) is 16.1. The van der Waals surface area contributed by atoms with E-state index in [2.05, 4.69) is 21.6 Å². The Bertz CT molecular complexity index is 759. The molecule has 1 aliphatic rings. The van der Waals surface area contributed by atoms with Crippen LogP contribution in [-0.2, 0) is 0 Å². The first-order chi connectivity index (χ1) is 11.2. The van der Waals surface area contributed by atoms with Crippen LogP contribution in [0, 0.1) is 4.84 Å². The first-order valence-corrected chi connectivity index (χ1v) is 8.25. The topological polar surface area (TPSA) is 70.9 Å². The molecular weight excluding hydrogens is 310 g/mol. The van der Waals surface area contributed by atoms with E-state index in [4.69, 9.17) is 16.6 Å². The SMILES string of the molecule is O=C(NCCC1=CCCCC1)c1ccc(-c2n[nH]c(=S)o2)cc1. The molecule has 2 aromatic rings. The summed E-state index contributed by atoms with van der Waals surface area (Å²) < 4.78 is 5.24. The Morgan fingerprint density at radius 3 is 2.78 bits per heavy atom. The molecule has 23 heavy (non-hydrogen) atoms. The van der Waals surface area contributed by atoms with Crippen LogP contribution in [-0.4, -0.2) is 22.6 Å². The Morgan fingerprint density at radius 1 is 1.30 bits per heavy atom. The maximum absolute atomic E-state index is 12.1. The van der Waals surface area contributed by atoms with E-state index in [-0.39, 0.29) is 10.7 Å². The van der Waals surface area contributed by atoms with E-state index in [9.17, 15) is 4.79 Å². The van der Waals surface area contributed by atoms with Crippen molar-refractivity contribution in [2.45, 2.75) is 32.1 Å². The summed E-state index contributed by atoms with van der Waals surface area (Å²) in [4.78, 5) is 12.4. The van der Waals surface area contributed by atoms with Gasteiger partial charge in [-0.2, -0.15) is 0 Å². The van der Waals surface area contributed by atoms with Crippen molar-refractivity contribution >= 4 is 18.1 Å². The highest BCUT2D eigenvalue weighted by molar-refractivity contribution is 7.71. The summed E-state index contributed by atoms with van der Waals surface area (Å²) in [7, 11) is 0. The third kappa shape index (κ3) is 4.16. The minimum Gasteiger partial charge on any atom is -0.409 e. The van der Waals surface area contributed by atoms with E-state index < -0.39 is 0 Å². The molecule has 0 aliphatic heterocycles. The minimum absolute atomic E-state index is 0.0594. The fourth-order valence-electron chi connectivity index (χ4n) is 2.69. The molecule has 120 valence electrons. The quantitative estimate of drug-likeness (QED) is 0.642. The molecule has 1 aliphatic carbocycles. The van der Waals surface area contributed by atoms with Crippen LogP contribution in [0.1, 0.15) is 42.5 Å². The van der Waals surface area contributed by atoms with E-state index in [0.717, 1.165) is 12.0 Å². The van der Waals surface area contributed by atoms with Gasteiger partial charge in [-0.05, 0) is 68.6 Å². The van der Waals surface area contributed by atoms with E-state index >= 15 is 0 Å². The highest BCUT2D eigenvalue weighted by atomic mass is 32.1. The molecule has 0 unspecified atom stereocenters. The highest BCUT2D eigenvalue weighted by Gasteiger charge is 2.09. The molecule has 0 fully saturated rings. The van der Waals surface area contributed by atoms with Gasteiger partial charge in [0.25, 0.3) is 10.7 Å². The van der Waals surface area contributed by atoms with E-state index in [1.807, 2.05) is 0 Å². The molecule has 1 aromatic carbocycles. The number of benzene rings is 1. The third-order valence-corrected chi connectivity index (χ3v) is 4.12. The van der Waals surface area contributed by atoms with E-state index in [1.54, 1.807) is 24.3 Å². The van der Waals surface area contributed by atoms with Crippen LogP contribution in [0.5, 0.6) is 0 Å². The lowest BCUT2D eigenvalue weighted by molar-refractivity contribution is 0.0954. The molecule has 1 aromatic heterocycles. The number of hydrogen-bond donors (Lipinski definition) is 2. The number of carbonyl (C=O) groups is 1. The summed E-state index contributed by atoms with van der Waals surface area (Å²) in [6, 6.07) is 7.12. The maximum atomic E-state index is 12.1. The van der Waals surface area contributed by atoms with Crippen molar-refractivity contribution in [2.75, 3.05) is 6.54 Å². The predicted octanol–water partition coefficient (Wildman–Crippen LogP) is 4.02. The van der Waals surface area contributed by atoms with Crippen LogP contribution in [0.25, 0.3) is 11.5 Å². The molecular formula is C17H19N3O2S. The van der Waals surface area contributed by atoms with Crippen LogP contribution >= 0.6 is 12.2 Å². The molecule has 0 spiro atoms.